The number of thiazole rings is 1. The molecule has 0 aliphatic carbocycles. The number of hydrogen-bond acceptors (Lipinski definition) is 8. The molecular formula is C34H34N2O6S. The van der Waals surface area contributed by atoms with Gasteiger partial charge in [0.05, 0.1) is 41.7 Å². The average Bonchev–Trinajstić information content (AvgIpc) is 3.30. The predicted molar refractivity (Wildman–Crippen MR) is 166 cm³/mol. The Morgan fingerprint density at radius 1 is 1.05 bits per heavy atom. The molecular weight excluding hydrogens is 564 g/mol. The average molecular weight is 599 g/mol. The van der Waals surface area contributed by atoms with Crippen LogP contribution in [0.2, 0.25) is 0 Å². The summed E-state index contributed by atoms with van der Waals surface area (Å²) >= 11 is 1.27. The van der Waals surface area contributed by atoms with E-state index in [0.29, 0.717) is 50.0 Å². The van der Waals surface area contributed by atoms with E-state index in [2.05, 4.69) is 4.99 Å². The Labute approximate surface area is 254 Å². The van der Waals surface area contributed by atoms with Gasteiger partial charge in [-0.25, -0.2) is 9.79 Å². The third-order valence-corrected chi connectivity index (χ3v) is 7.77. The quantitative estimate of drug-likeness (QED) is 0.234. The largest absolute Gasteiger partial charge is 0.493 e. The van der Waals surface area contributed by atoms with Gasteiger partial charge < -0.3 is 18.9 Å². The molecule has 9 heteroatoms. The van der Waals surface area contributed by atoms with Crippen molar-refractivity contribution in [2.45, 2.75) is 46.4 Å². The molecule has 1 aliphatic heterocycles. The summed E-state index contributed by atoms with van der Waals surface area (Å²) < 4.78 is 25.0. The van der Waals surface area contributed by atoms with Gasteiger partial charge in [0.2, 0.25) is 0 Å². The van der Waals surface area contributed by atoms with Crippen LogP contribution in [0.3, 0.4) is 0 Å². The molecule has 2 heterocycles. The Hall–Kier alpha value is -4.63. The van der Waals surface area contributed by atoms with Gasteiger partial charge in [0.25, 0.3) is 5.56 Å². The van der Waals surface area contributed by atoms with Gasteiger partial charge in [0.1, 0.15) is 12.4 Å². The molecule has 8 nitrogen and oxygen atoms in total. The first-order valence-corrected chi connectivity index (χ1v) is 14.9. The van der Waals surface area contributed by atoms with E-state index in [1.165, 1.54) is 11.3 Å². The minimum Gasteiger partial charge on any atom is -0.493 e. The highest BCUT2D eigenvalue weighted by Gasteiger charge is 2.34. The highest BCUT2D eigenvalue weighted by molar-refractivity contribution is 7.07. The van der Waals surface area contributed by atoms with Crippen LogP contribution in [0.15, 0.2) is 93.9 Å². The molecule has 0 fully saturated rings. The van der Waals surface area contributed by atoms with Crippen LogP contribution in [0.5, 0.6) is 17.2 Å². The Bertz CT molecular complexity index is 1840. The fraction of sp³-hybridized carbons (Fsp3) is 0.265. The van der Waals surface area contributed by atoms with Crippen molar-refractivity contribution in [2.24, 2.45) is 4.99 Å². The van der Waals surface area contributed by atoms with E-state index < -0.39 is 12.0 Å². The van der Waals surface area contributed by atoms with Gasteiger partial charge in [-0.15, -0.1) is 0 Å². The summed E-state index contributed by atoms with van der Waals surface area (Å²) in [6, 6.07) is 22.2. The van der Waals surface area contributed by atoms with Crippen LogP contribution in [0, 0.1) is 0 Å². The number of hydrogen-bond donors (Lipinski definition) is 0. The van der Waals surface area contributed by atoms with E-state index in [0.717, 1.165) is 11.1 Å². The van der Waals surface area contributed by atoms with Crippen molar-refractivity contribution in [2.75, 3.05) is 13.7 Å². The number of allylic oxidation sites excluding steroid dienone is 1. The standard InChI is InChI=1S/C34H34N2O6S/c1-6-40-33(38)30-22(4)35-34-36(31(30)25-15-16-27(42-21(2)3)28(19-25)39-5)32(37)29(43-34)18-24-13-10-14-26(17-24)41-20-23-11-8-7-9-12-23/h7-19,21,31H,6,20H2,1-5H3/b29-18+/t31-/m0/s1. The molecule has 0 spiro atoms. The molecule has 222 valence electrons. The summed E-state index contributed by atoms with van der Waals surface area (Å²) in [6.07, 6.45) is 1.76. The van der Waals surface area contributed by atoms with Crippen LogP contribution in [-0.4, -0.2) is 30.4 Å². The molecule has 0 unspecified atom stereocenters. The number of ether oxygens (including phenoxy) is 4. The van der Waals surface area contributed by atoms with E-state index in [-0.39, 0.29) is 18.3 Å². The molecule has 1 aliphatic rings. The minimum absolute atomic E-state index is 0.0584. The van der Waals surface area contributed by atoms with Gasteiger partial charge in [-0.2, -0.15) is 0 Å². The van der Waals surface area contributed by atoms with Crippen LogP contribution < -0.4 is 29.1 Å². The Balaban J connectivity index is 1.58. The second-order valence-electron chi connectivity index (χ2n) is 10.2. The molecule has 0 saturated carbocycles. The molecule has 1 aromatic heterocycles. The molecule has 43 heavy (non-hydrogen) atoms. The number of carbonyl (C=O) groups is 1. The summed E-state index contributed by atoms with van der Waals surface area (Å²) in [7, 11) is 1.56. The molecule has 3 aromatic carbocycles. The van der Waals surface area contributed by atoms with Crippen LogP contribution in [0.25, 0.3) is 6.08 Å². The van der Waals surface area contributed by atoms with Crippen molar-refractivity contribution in [3.63, 3.8) is 0 Å². The van der Waals surface area contributed by atoms with Crippen molar-refractivity contribution in [3.8, 4) is 17.2 Å². The number of benzene rings is 3. The van der Waals surface area contributed by atoms with Crippen molar-refractivity contribution in [3.05, 3.63) is 120 Å². The maximum atomic E-state index is 14.0. The van der Waals surface area contributed by atoms with Crippen molar-refractivity contribution in [1.29, 1.82) is 0 Å². The number of nitrogens with zero attached hydrogens (tertiary/aromatic N) is 2. The normalized spacial score (nSPS) is 14.7. The van der Waals surface area contributed by atoms with E-state index in [4.69, 9.17) is 18.9 Å². The van der Waals surface area contributed by atoms with Crippen LogP contribution in [-0.2, 0) is 16.1 Å². The maximum absolute atomic E-state index is 14.0. The van der Waals surface area contributed by atoms with E-state index in [1.54, 1.807) is 37.7 Å². The minimum atomic E-state index is -0.764. The Morgan fingerprint density at radius 3 is 2.56 bits per heavy atom. The Morgan fingerprint density at radius 2 is 1.84 bits per heavy atom. The lowest BCUT2D eigenvalue weighted by Crippen LogP contribution is -2.40. The Kier molecular flexibility index (Phi) is 9.11. The molecule has 0 saturated heterocycles. The molecule has 0 bridgehead atoms. The summed E-state index contributed by atoms with van der Waals surface area (Å²) in [5.41, 5.74) is 3.08. The third kappa shape index (κ3) is 6.57. The van der Waals surface area contributed by atoms with E-state index in [9.17, 15) is 9.59 Å². The fourth-order valence-corrected chi connectivity index (χ4v) is 5.95. The van der Waals surface area contributed by atoms with Crippen LogP contribution >= 0.6 is 11.3 Å². The van der Waals surface area contributed by atoms with Gasteiger partial charge in [-0.05, 0) is 74.7 Å². The maximum Gasteiger partial charge on any atom is 0.338 e. The van der Waals surface area contributed by atoms with Gasteiger partial charge >= 0.3 is 5.97 Å². The topological polar surface area (TPSA) is 88.4 Å². The lowest BCUT2D eigenvalue weighted by molar-refractivity contribution is -0.139. The third-order valence-electron chi connectivity index (χ3n) is 6.79. The molecule has 1 atom stereocenters. The summed E-state index contributed by atoms with van der Waals surface area (Å²) in [5.74, 6) is 1.24. The number of aromatic nitrogens is 1. The van der Waals surface area contributed by atoms with Gasteiger partial charge in [-0.3, -0.25) is 9.36 Å². The first kappa shape index (κ1) is 29.8. The summed E-state index contributed by atoms with van der Waals surface area (Å²) in [6.45, 7) is 8.00. The van der Waals surface area contributed by atoms with E-state index >= 15 is 0 Å². The SMILES string of the molecule is CCOC(=O)C1=C(C)N=c2s/c(=C/c3cccc(OCc4ccccc4)c3)c(=O)n2[C@H]1c1ccc(OC(C)C)c(OC)c1. The van der Waals surface area contributed by atoms with Gasteiger partial charge in [0.15, 0.2) is 16.3 Å². The zero-order valence-corrected chi connectivity index (χ0v) is 25.6. The van der Waals surface area contributed by atoms with Gasteiger partial charge in [0, 0.05) is 0 Å². The van der Waals surface area contributed by atoms with Gasteiger partial charge in [-0.1, -0.05) is 59.9 Å². The van der Waals surface area contributed by atoms with Crippen LogP contribution in [0.1, 0.15) is 50.4 Å². The lowest BCUT2D eigenvalue weighted by Gasteiger charge is -2.25. The first-order valence-electron chi connectivity index (χ1n) is 14.1. The second-order valence-corrected chi connectivity index (χ2v) is 11.2. The number of methoxy groups -OCH3 is 1. The van der Waals surface area contributed by atoms with Crippen molar-refractivity contribution < 1.29 is 23.7 Å². The number of carbonyl (C=O) groups excluding carboxylic acids is 1. The highest BCUT2D eigenvalue weighted by Crippen LogP contribution is 2.36. The zero-order valence-electron chi connectivity index (χ0n) is 24.8. The summed E-state index contributed by atoms with van der Waals surface area (Å²) in [4.78, 5) is 32.4. The highest BCUT2D eigenvalue weighted by atomic mass is 32.1. The molecule has 0 radical (unpaired) electrons. The monoisotopic (exact) mass is 598 g/mol. The first-order chi connectivity index (χ1) is 20.8. The number of rotatable bonds is 10. The number of fused-ring (bicyclic) bond motifs is 1. The predicted octanol–water partition coefficient (Wildman–Crippen LogP) is 5.17. The van der Waals surface area contributed by atoms with Crippen molar-refractivity contribution in [1.82, 2.24) is 4.57 Å². The molecule has 0 amide bonds. The lowest BCUT2D eigenvalue weighted by atomic mass is 9.95. The van der Waals surface area contributed by atoms with Crippen LogP contribution in [0.4, 0.5) is 0 Å². The zero-order chi connectivity index (χ0) is 30.5. The van der Waals surface area contributed by atoms with Crippen molar-refractivity contribution >= 4 is 23.4 Å². The molecule has 5 rings (SSSR count). The smallest absolute Gasteiger partial charge is 0.338 e. The number of esters is 1. The molecule has 0 N–H and O–H groups in total. The van der Waals surface area contributed by atoms with E-state index in [1.807, 2.05) is 80.6 Å². The fourth-order valence-electron chi connectivity index (χ4n) is 4.90. The molecule has 4 aromatic rings. The second kappa shape index (κ2) is 13.1. The summed E-state index contributed by atoms with van der Waals surface area (Å²) in [5, 5.41) is 0.